The molecule has 0 saturated heterocycles. The predicted octanol–water partition coefficient (Wildman–Crippen LogP) is 2.98. The summed E-state index contributed by atoms with van der Waals surface area (Å²) in [4.78, 5) is 4.57. The van der Waals surface area contributed by atoms with Gasteiger partial charge in [-0.25, -0.2) is 4.98 Å². The number of hydrogen-bond acceptors (Lipinski definition) is 3. The normalized spacial score (nSPS) is 9.76. The molecule has 0 bridgehead atoms. The molecule has 4 nitrogen and oxygen atoms in total. The molecule has 4 heteroatoms. The van der Waals surface area contributed by atoms with Crippen LogP contribution in [-0.2, 0) is 7.05 Å². The zero-order chi connectivity index (χ0) is 18.6. The molecule has 0 spiro atoms. The third-order valence-corrected chi connectivity index (χ3v) is 4.17. The molecule has 1 aromatic heterocycles. The summed E-state index contributed by atoms with van der Waals surface area (Å²) < 4.78 is 1.92. The Hall–Kier alpha value is -3.11. The van der Waals surface area contributed by atoms with Gasteiger partial charge in [0.15, 0.2) is 11.6 Å². The van der Waals surface area contributed by atoms with Crippen molar-refractivity contribution in [3.63, 3.8) is 0 Å². The topological polar surface area (TPSA) is 41.9 Å². The molecule has 0 saturated carbocycles. The molecule has 1 aromatic carbocycles. The van der Waals surface area contributed by atoms with Crippen LogP contribution in [0, 0.1) is 45.0 Å². The fourth-order valence-corrected chi connectivity index (χ4v) is 2.59. The first-order valence-corrected chi connectivity index (χ1v) is 8.10. The summed E-state index contributed by atoms with van der Waals surface area (Å²) in [5.41, 5.74) is 6.25. The number of aryl methyl sites for hydroxylation is 3. The lowest BCUT2D eigenvalue weighted by molar-refractivity contribution is 0.862. The Morgan fingerprint density at radius 2 is 1.88 bits per heavy atom. The largest absolute Gasteiger partial charge is 0.373 e. The van der Waals surface area contributed by atoms with E-state index in [1.165, 1.54) is 16.7 Å². The van der Waals surface area contributed by atoms with E-state index in [0.717, 1.165) is 17.1 Å². The monoisotopic (exact) mass is 332 g/mol. The highest BCUT2D eigenvalue weighted by atomic mass is 15.2. The Labute approximate surface area is 150 Å². The molecule has 0 aliphatic heterocycles. The number of benzene rings is 1. The molecule has 0 atom stereocenters. The summed E-state index contributed by atoms with van der Waals surface area (Å²) in [5.74, 6) is 10.3. The highest BCUT2D eigenvalue weighted by molar-refractivity contribution is 5.70. The van der Waals surface area contributed by atoms with Gasteiger partial charge in [-0.2, -0.15) is 0 Å². The number of nitrogens with one attached hydrogen (secondary N) is 2. The lowest BCUT2D eigenvalue weighted by atomic mass is 10.0. The molecular weight excluding hydrogens is 308 g/mol. The van der Waals surface area contributed by atoms with Crippen LogP contribution in [0.15, 0.2) is 18.7 Å². The van der Waals surface area contributed by atoms with Gasteiger partial charge in [0.25, 0.3) is 0 Å². The third-order valence-electron chi connectivity index (χ3n) is 4.17. The first-order chi connectivity index (χ1) is 11.9. The average Bonchev–Trinajstić information content (AvgIpc) is 2.90. The summed E-state index contributed by atoms with van der Waals surface area (Å²) in [7, 11) is 3.74. The van der Waals surface area contributed by atoms with Gasteiger partial charge in [0.1, 0.15) is 5.69 Å². The molecule has 25 heavy (non-hydrogen) atoms. The number of hydrogen-bond donors (Lipinski definition) is 2. The van der Waals surface area contributed by atoms with Crippen LogP contribution in [0.2, 0.25) is 0 Å². The molecule has 0 amide bonds. The van der Waals surface area contributed by atoms with E-state index >= 15 is 0 Å². The quantitative estimate of drug-likeness (QED) is 0.846. The van der Waals surface area contributed by atoms with E-state index in [0.29, 0.717) is 18.1 Å². The standard InChI is InChI=1S/C21H24N4/c1-8-11-23-17(5)20-21(22-6)24-19(25(20)7)10-9-18-13-15(3)14(2)12-16(18)4/h1,12-13,22-23H,5,11H2,2-4,6-7H3. The maximum atomic E-state index is 5.30. The van der Waals surface area contributed by atoms with E-state index in [4.69, 9.17) is 6.42 Å². The van der Waals surface area contributed by atoms with Crippen LogP contribution < -0.4 is 10.6 Å². The van der Waals surface area contributed by atoms with Crippen molar-refractivity contribution >= 4 is 11.5 Å². The average molecular weight is 332 g/mol. The lowest BCUT2D eigenvalue weighted by Gasteiger charge is -2.09. The Kier molecular flexibility index (Phi) is 5.57. The van der Waals surface area contributed by atoms with E-state index in [-0.39, 0.29) is 0 Å². The number of nitrogens with zero attached hydrogens (tertiary/aromatic N) is 2. The summed E-state index contributed by atoms with van der Waals surface area (Å²) in [6.45, 7) is 10.7. The second-order valence-electron chi connectivity index (χ2n) is 5.98. The summed E-state index contributed by atoms with van der Waals surface area (Å²) in [5, 5.41) is 6.18. The van der Waals surface area contributed by atoms with Crippen LogP contribution in [0.3, 0.4) is 0 Å². The molecule has 128 valence electrons. The molecule has 1 heterocycles. The van der Waals surface area contributed by atoms with Gasteiger partial charge in [-0.05, 0) is 49.4 Å². The van der Waals surface area contributed by atoms with Crippen LogP contribution in [0.25, 0.3) is 5.70 Å². The van der Waals surface area contributed by atoms with Crippen LogP contribution in [-0.4, -0.2) is 23.1 Å². The van der Waals surface area contributed by atoms with Gasteiger partial charge in [-0.3, -0.25) is 0 Å². The summed E-state index contributed by atoms with van der Waals surface area (Å²) >= 11 is 0. The fourth-order valence-electron chi connectivity index (χ4n) is 2.59. The van der Waals surface area contributed by atoms with Gasteiger partial charge in [-0.1, -0.05) is 24.5 Å². The highest BCUT2D eigenvalue weighted by Gasteiger charge is 2.15. The van der Waals surface area contributed by atoms with Crippen molar-refractivity contribution in [3.8, 4) is 24.2 Å². The fraction of sp³-hybridized carbons (Fsp3) is 0.286. The Morgan fingerprint density at radius 3 is 2.52 bits per heavy atom. The van der Waals surface area contributed by atoms with Crippen molar-refractivity contribution in [1.82, 2.24) is 14.9 Å². The zero-order valence-electron chi connectivity index (χ0n) is 15.5. The molecule has 2 aromatic rings. The van der Waals surface area contributed by atoms with Gasteiger partial charge in [-0.15, -0.1) is 6.42 Å². The Balaban J connectivity index is 2.43. The number of terminal acetylenes is 1. The van der Waals surface area contributed by atoms with E-state index in [2.05, 4.69) is 72.9 Å². The third kappa shape index (κ3) is 3.87. The highest BCUT2D eigenvalue weighted by Crippen LogP contribution is 2.21. The number of rotatable bonds is 4. The SMILES string of the molecule is C#CCNC(=C)c1c(NC)nc(C#Cc2cc(C)c(C)cc2C)n1C. The number of anilines is 1. The van der Waals surface area contributed by atoms with Crippen molar-refractivity contribution in [2.24, 2.45) is 7.05 Å². The van der Waals surface area contributed by atoms with Crippen molar-refractivity contribution in [1.29, 1.82) is 0 Å². The zero-order valence-corrected chi connectivity index (χ0v) is 15.5. The maximum Gasteiger partial charge on any atom is 0.188 e. The summed E-state index contributed by atoms with van der Waals surface area (Å²) in [6, 6.07) is 4.28. The molecular formula is C21H24N4. The van der Waals surface area contributed by atoms with Crippen LogP contribution in [0.4, 0.5) is 5.82 Å². The van der Waals surface area contributed by atoms with Crippen LogP contribution in [0.1, 0.15) is 33.8 Å². The van der Waals surface area contributed by atoms with E-state index in [9.17, 15) is 0 Å². The second-order valence-corrected chi connectivity index (χ2v) is 5.98. The van der Waals surface area contributed by atoms with E-state index < -0.39 is 0 Å². The number of aromatic nitrogens is 2. The molecule has 0 aliphatic rings. The summed E-state index contributed by atoms with van der Waals surface area (Å²) in [6.07, 6.45) is 5.30. The first-order valence-electron chi connectivity index (χ1n) is 8.10. The second kappa shape index (κ2) is 7.64. The molecule has 2 rings (SSSR count). The van der Waals surface area contributed by atoms with Gasteiger partial charge >= 0.3 is 0 Å². The van der Waals surface area contributed by atoms with Crippen LogP contribution in [0.5, 0.6) is 0 Å². The maximum absolute atomic E-state index is 5.30. The van der Waals surface area contributed by atoms with E-state index in [1.54, 1.807) is 0 Å². The molecule has 0 radical (unpaired) electrons. The Morgan fingerprint density at radius 1 is 1.20 bits per heavy atom. The minimum Gasteiger partial charge on any atom is -0.373 e. The van der Waals surface area contributed by atoms with Gasteiger partial charge in [0, 0.05) is 19.7 Å². The van der Waals surface area contributed by atoms with Crippen LogP contribution >= 0.6 is 0 Å². The predicted molar refractivity (Wildman–Crippen MR) is 105 cm³/mol. The van der Waals surface area contributed by atoms with Crippen molar-refractivity contribution < 1.29 is 0 Å². The Bertz CT molecular complexity index is 914. The van der Waals surface area contributed by atoms with E-state index in [1.807, 2.05) is 18.7 Å². The molecule has 0 fully saturated rings. The molecule has 2 N–H and O–H groups in total. The molecule has 0 aliphatic carbocycles. The van der Waals surface area contributed by atoms with Crippen molar-refractivity contribution in [2.45, 2.75) is 20.8 Å². The molecule has 0 unspecified atom stereocenters. The minimum absolute atomic E-state index is 0.413. The minimum atomic E-state index is 0.413. The number of imidazole rings is 1. The van der Waals surface area contributed by atoms with Gasteiger partial charge in [0.05, 0.1) is 12.2 Å². The van der Waals surface area contributed by atoms with Crippen molar-refractivity contribution in [3.05, 3.63) is 52.5 Å². The van der Waals surface area contributed by atoms with Crippen molar-refractivity contribution in [2.75, 3.05) is 18.9 Å². The smallest absolute Gasteiger partial charge is 0.188 e. The van der Waals surface area contributed by atoms with Gasteiger partial charge < -0.3 is 15.2 Å². The van der Waals surface area contributed by atoms with Gasteiger partial charge in [0.2, 0.25) is 0 Å². The lowest BCUT2D eigenvalue weighted by Crippen LogP contribution is -2.15. The first kappa shape index (κ1) is 18.2.